The molecule has 0 aliphatic rings. The molecule has 0 N–H and O–H groups in total. The van der Waals surface area contributed by atoms with E-state index < -0.39 is 17.4 Å². The average molecular weight is 372 g/mol. The van der Waals surface area contributed by atoms with Crippen LogP contribution in [0.4, 0.5) is 5.69 Å². The molecule has 0 fully saturated rings. The molecule has 0 spiro atoms. The van der Waals surface area contributed by atoms with Crippen LogP contribution in [-0.2, 0) is 14.3 Å². The number of para-hydroxylation sites is 1. The molecule has 0 bridgehead atoms. The van der Waals surface area contributed by atoms with Crippen molar-refractivity contribution in [3.8, 4) is 0 Å². The minimum atomic E-state index is -0.723. The minimum absolute atomic E-state index is 0.469. The summed E-state index contributed by atoms with van der Waals surface area (Å²) in [6.07, 6.45) is 2.88. The number of hydrogen-bond donors (Lipinski definition) is 0. The molecule has 0 heterocycles. The molecule has 0 amide bonds. The van der Waals surface area contributed by atoms with Crippen molar-refractivity contribution in [1.29, 1.82) is 0 Å². The summed E-state index contributed by atoms with van der Waals surface area (Å²) in [5.74, 6) is -0.309. The van der Waals surface area contributed by atoms with Crippen LogP contribution in [0.1, 0.15) is 26.3 Å². The third-order valence-corrected chi connectivity index (χ3v) is 3.53. The number of carbonyl (C=O) groups is 2. The third kappa shape index (κ3) is 6.54. The van der Waals surface area contributed by atoms with Gasteiger partial charge < -0.3 is 9.64 Å². The zero-order chi connectivity index (χ0) is 18.2. The van der Waals surface area contributed by atoms with E-state index in [9.17, 15) is 9.59 Å². The standard InChI is InChI=1S/C18H23Cl2NO3/c1-18(2,3)17(23)24-16(22)9-8-14-6-4-5-7-15(14)21(12-10-19)13-11-20/h4-9H,10-13H2,1-3H3/b9-8+. The van der Waals surface area contributed by atoms with E-state index in [1.54, 1.807) is 26.8 Å². The van der Waals surface area contributed by atoms with Gasteiger partial charge in [0.1, 0.15) is 0 Å². The highest BCUT2D eigenvalue weighted by molar-refractivity contribution is 6.18. The highest BCUT2D eigenvalue weighted by atomic mass is 35.5. The predicted octanol–water partition coefficient (Wildman–Crippen LogP) is 4.10. The maximum atomic E-state index is 11.8. The molecule has 4 nitrogen and oxygen atoms in total. The monoisotopic (exact) mass is 371 g/mol. The molecular formula is C18H23Cl2NO3. The fourth-order valence-corrected chi connectivity index (χ4v) is 2.32. The number of alkyl halides is 2. The van der Waals surface area contributed by atoms with E-state index in [0.717, 1.165) is 11.3 Å². The number of esters is 2. The molecule has 132 valence electrons. The summed E-state index contributed by atoms with van der Waals surface area (Å²) < 4.78 is 4.81. The van der Waals surface area contributed by atoms with Gasteiger partial charge in [0.15, 0.2) is 0 Å². The Bertz CT molecular complexity index is 588. The fraction of sp³-hybridized carbons (Fsp3) is 0.444. The first-order chi connectivity index (χ1) is 11.3. The second-order valence-corrected chi connectivity index (χ2v) is 6.97. The minimum Gasteiger partial charge on any atom is -0.389 e. The van der Waals surface area contributed by atoms with Crippen LogP contribution in [0.2, 0.25) is 0 Å². The molecule has 1 aromatic rings. The predicted molar refractivity (Wildman–Crippen MR) is 99.7 cm³/mol. The summed E-state index contributed by atoms with van der Waals surface area (Å²) in [6, 6.07) is 7.59. The van der Waals surface area contributed by atoms with Crippen molar-refractivity contribution in [3.63, 3.8) is 0 Å². The normalized spacial score (nSPS) is 11.5. The summed E-state index contributed by atoms with van der Waals surface area (Å²) in [6.45, 7) is 6.37. The Balaban J connectivity index is 2.91. The van der Waals surface area contributed by atoms with E-state index >= 15 is 0 Å². The number of ether oxygens (including phenoxy) is 1. The van der Waals surface area contributed by atoms with Gasteiger partial charge in [-0.05, 0) is 38.5 Å². The summed E-state index contributed by atoms with van der Waals surface area (Å²) in [7, 11) is 0. The highest BCUT2D eigenvalue weighted by Crippen LogP contribution is 2.22. The van der Waals surface area contributed by atoms with Crippen molar-refractivity contribution in [2.24, 2.45) is 5.41 Å². The van der Waals surface area contributed by atoms with Crippen LogP contribution in [-0.4, -0.2) is 36.8 Å². The molecule has 1 aromatic carbocycles. The van der Waals surface area contributed by atoms with Crippen LogP contribution in [0.3, 0.4) is 0 Å². The molecular weight excluding hydrogens is 349 g/mol. The first-order valence-electron chi connectivity index (χ1n) is 7.70. The van der Waals surface area contributed by atoms with Crippen molar-refractivity contribution < 1.29 is 14.3 Å². The van der Waals surface area contributed by atoms with Crippen molar-refractivity contribution in [2.45, 2.75) is 20.8 Å². The zero-order valence-corrected chi connectivity index (χ0v) is 15.7. The lowest BCUT2D eigenvalue weighted by Crippen LogP contribution is -2.28. The van der Waals surface area contributed by atoms with E-state index in [1.165, 1.54) is 6.08 Å². The number of halogens is 2. The van der Waals surface area contributed by atoms with Gasteiger partial charge in [0.05, 0.1) is 5.41 Å². The number of nitrogens with zero attached hydrogens (tertiary/aromatic N) is 1. The van der Waals surface area contributed by atoms with Crippen molar-refractivity contribution in [2.75, 3.05) is 29.7 Å². The highest BCUT2D eigenvalue weighted by Gasteiger charge is 2.24. The Morgan fingerprint density at radius 2 is 1.71 bits per heavy atom. The van der Waals surface area contributed by atoms with Gasteiger partial charge in [-0.1, -0.05) is 18.2 Å². The van der Waals surface area contributed by atoms with Crippen molar-refractivity contribution in [1.82, 2.24) is 0 Å². The second-order valence-electron chi connectivity index (χ2n) is 6.22. The number of anilines is 1. The van der Waals surface area contributed by atoms with E-state index in [4.69, 9.17) is 27.9 Å². The molecule has 1 rings (SSSR count). The number of benzene rings is 1. The van der Waals surface area contributed by atoms with Crippen LogP contribution in [0.5, 0.6) is 0 Å². The van der Waals surface area contributed by atoms with Gasteiger partial charge in [0.25, 0.3) is 0 Å². The van der Waals surface area contributed by atoms with E-state index in [2.05, 4.69) is 0 Å². The zero-order valence-electron chi connectivity index (χ0n) is 14.2. The lowest BCUT2D eigenvalue weighted by molar-refractivity contribution is -0.162. The first kappa shape index (κ1) is 20.5. The first-order valence-corrected chi connectivity index (χ1v) is 8.76. The van der Waals surface area contributed by atoms with Crippen LogP contribution in [0.25, 0.3) is 6.08 Å². The Morgan fingerprint density at radius 3 is 2.25 bits per heavy atom. The van der Waals surface area contributed by atoms with E-state index in [0.29, 0.717) is 24.8 Å². The average Bonchev–Trinajstić information content (AvgIpc) is 2.52. The largest absolute Gasteiger partial charge is 0.389 e. The van der Waals surface area contributed by atoms with Gasteiger partial charge in [0.2, 0.25) is 0 Å². The van der Waals surface area contributed by atoms with Crippen LogP contribution < -0.4 is 4.90 Å². The van der Waals surface area contributed by atoms with E-state index in [-0.39, 0.29) is 0 Å². The SMILES string of the molecule is CC(C)(C)C(=O)OC(=O)/C=C/c1ccccc1N(CCCl)CCCl. The second kappa shape index (κ2) is 9.70. The van der Waals surface area contributed by atoms with Crippen LogP contribution in [0.15, 0.2) is 30.3 Å². The summed E-state index contributed by atoms with van der Waals surface area (Å²) in [4.78, 5) is 25.6. The topological polar surface area (TPSA) is 46.6 Å². The Hall–Kier alpha value is -1.52. The Kier molecular flexibility index (Phi) is 8.29. The molecule has 0 atom stereocenters. The molecule has 0 radical (unpaired) electrons. The lowest BCUT2D eigenvalue weighted by atomic mass is 9.97. The Labute approximate surface area is 153 Å². The summed E-state index contributed by atoms with van der Waals surface area (Å²) in [5.41, 5.74) is 1.02. The van der Waals surface area contributed by atoms with Gasteiger partial charge in [-0.25, -0.2) is 4.79 Å². The molecule has 0 saturated heterocycles. The molecule has 0 saturated carbocycles. The summed E-state index contributed by atoms with van der Waals surface area (Å²) in [5, 5.41) is 0. The lowest BCUT2D eigenvalue weighted by Gasteiger charge is -2.24. The van der Waals surface area contributed by atoms with Gasteiger partial charge in [-0.2, -0.15) is 0 Å². The number of carbonyl (C=O) groups excluding carboxylic acids is 2. The molecule has 0 aliphatic carbocycles. The van der Waals surface area contributed by atoms with Gasteiger partial charge in [-0.15, -0.1) is 23.2 Å². The molecule has 0 aromatic heterocycles. The molecule has 0 unspecified atom stereocenters. The molecule has 0 aliphatic heterocycles. The number of rotatable bonds is 7. The van der Waals surface area contributed by atoms with Gasteiger partial charge >= 0.3 is 11.9 Å². The number of hydrogen-bond acceptors (Lipinski definition) is 4. The van der Waals surface area contributed by atoms with Crippen LogP contribution >= 0.6 is 23.2 Å². The quantitative estimate of drug-likeness (QED) is 0.313. The van der Waals surface area contributed by atoms with Gasteiger partial charge in [-0.3, -0.25) is 4.79 Å². The Morgan fingerprint density at radius 1 is 1.12 bits per heavy atom. The molecule has 6 heteroatoms. The van der Waals surface area contributed by atoms with Gasteiger partial charge in [0, 0.05) is 36.6 Å². The fourth-order valence-electron chi connectivity index (χ4n) is 1.91. The van der Waals surface area contributed by atoms with Crippen LogP contribution in [0, 0.1) is 5.41 Å². The molecule has 24 heavy (non-hydrogen) atoms. The van der Waals surface area contributed by atoms with E-state index in [1.807, 2.05) is 29.2 Å². The summed E-state index contributed by atoms with van der Waals surface area (Å²) >= 11 is 11.7. The smallest absolute Gasteiger partial charge is 0.338 e. The van der Waals surface area contributed by atoms with Crippen molar-refractivity contribution >= 4 is 46.9 Å². The third-order valence-electron chi connectivity index (χ3n) is 3.19. The maximum Gasteiger partial charge on any atom is 0.338 e. The van der Waals surface area contributed by atoms with Crippen molar-refractivity contribution in [3.05, 3.63) is 35.9 Å². The maximum absolute atomic E-state index is 11.8.